The Kier molecular flexibility index (Phi) is 5.59. The van der Waals surface area contributed by atoms with Gasteiger partial charge in [-0.1, -0.05) is 0 Å². The van der Waals surface area contributed by atoms with Crippen molar-refractivity contribution in [3.05, 3.63) is 0 Å². The van der Waals surface area contributed by atoms with Crippen LogP contribution in [0.4, 0.5) is 0 Å². The largest absolute Gasteiger partial charge is 0.527 e. The van der Waals surface area contributed by atoms with E-state index in [1.165, 1.54) is 11.8 Å². The molecule has 0 unspecified atom stereocenters. The summed E-state index contributed by atoms with van der Waals surface area (Å²) in [5, 5.41) is 0. The lowest BCUT2D eigenvalue weighted by atomic mass is 10.2. The predicted molar refractivity (Wildman–Crippen MR) is 49.1 cm³/mol. The van der Waals surface area contributed by atoms with E-state index < -0.39 is 19.8 Å². The van der Waals surface area contributed by atoms with Gasteiger partial charge in [-0.05, 0) is 18.4 Å². The SMILES string of the molecule is CSCC[C@H](N)C(=O)OP(=O)(O)O. The topological polar surface area (TPSA) is 110 Å². The molecule has 6 nitrogen and oxygen atoms in total. The number of phosphoric ester groups is 1. The maximum absolute atomic E-state index is 10.8. The summed E-state index contributed by atoms with van der Waals surface area (Å²) in [6.07, 6.45) is 2.17. The molecule has 0 radical (unpaired) electrons. The van der Waals surface area contributed by atoms with E-state index in [4.69, 9.17) is 15.5 Å². The molecule has 0 aromatic carbocycles. The third kappa shape index (κ3) is 7.04. The highest BCUT2D eigenvalue weighted by Crippen LogP contribution is 2.36. The van der Waals surface area contributed by atoms with E-state index in [0.717, 1.165) is 0 Å². The molecule has 0 aromatic rings. The van der Waals surface area contributed by atoms with Crippen LogP contribution in [0, 0.1) is 0 Å². The fraction of sp³-hybridized carbons (Fsp3) is 0.800. The molecule has 78 valence electrons. The zero-order chi connectivity index (χ0) is 10.5. The van der Waals surface area contributed by atoms with Crippen molar-refractivity contribution in [2.24, 2.45) is 5.73 Å². The Bertz CT molecular complexity index is 217. The van der Waals surface area contributed by atoms with Crippen LogP contribution in [0.1, 0.15) is 6.42 Å². The van der Waals surface area contributed by atoms with Crippen LogP contribution < -0.4 is 5.73 Å². The first-order valence-corrected chi connectivity index (χ1v) is 6.32. The van der Waals surface area contributed by atoms with E-state index in [9.17, 15) is 9.36 Å². The van der Waals surface area contributed by atoms with Gasteiger partial charge in [0.25, 0.3) is 0 Å². The van der Waals surface area contributed by atoms with Gasteiger partial charge in [0.2, 0.25) is 0 Å². The summed E-state index contributed by atoms with van der Waals surface area (Å²) in [5.74, 6) is -0.431. The molecule has 0 bridgehead atoms. The second-order valence-corrected chi connectivity index (χ2v) is 4.44. The van der Waals surface area contributed by atoms with E-state index in [2.05, 4.69) is 4.52 Å². The summed E-state index contributed by atoms with van der Waals surface area (Å²) in [6.45, 7) is 0. The average Bonchev–Trinajstić information content (AvgIpc) is 1.96. The minimum Gasteiger partial charge on any atom is -0.369 e. The average molecular weight is 229 g/mol. The number of phosphoric acid groups is 1. The van der Waals surface area contributed by atoms with E-state index in [1.54, 1.807) is 0 Å². The molecule has 1 atom stereocenters. The molecule has 0 spiro atoms. The molecule has 0 saturated carbocycles. The number of nitrogens with two attached hydrogens (primary N) is 1. The first-order chi connectivity index (χ1) is 5.87. The van der Waals surface area contributed by atoms with Crippen molar-refractivity contribution >= 4 is 25.6 Å². The molecule has 4 N–H and O–H groups in total. The van der Waals surface area contributed by atoms with Crippen molar-refractivity contribution in [3.8, 4) is 0 Å². The lowest BCUT2D eigenvalue weighted by Crippen LogP contribution is -2.32. The normalized spacial score (nSPS) is 13.8. The van der Waals surface area contributed by atoms with E-state index >= 15 is 0 Å². The fourth-order valence-electron chi connectivity index (χ4n) is 0.548. The van der Waals surface area contributed by atoms with Crippen LogP contribution in [-0.4, -0.2) is 33.8 Å². The Morgan fingerprint density at radius 2 is 2.23 bits per heavy atom. The van der Waals surface area contributed by atoms with Crippen molar-refractivity contribution < 1.29 is 23.7 Å². The van der Waals surface area contributed by atoms with Crippen LogP contribution in [-0.2, 0) is 13.9 Å². The van der Waals surface area contributed by atoms with Crippen molar-refractivity contribution in [2.45, 2.75) is 12.5 Å². The van der Waals surface area contributed by atoms with Crippen LogP contribution >= 0.6 is 19.6 Å². The molecule has 0 rings (SSSR count). The van der Waals surface area contributed by atoms with Gasteiger partial charge in [-0.25, -0.2) is 9.36 Å². The molecule has 8 heteroatoms. The second-order valence-electron chi connectivity index (χ2n) is 2.29. The Morgan fingerprint density at radius 3 is 2.62 bits per heavy atom. The van der Waals surface area contributed by atoms with Crippen LogP contribution in [0.5, 0.6) is 0 Å². The summed E-state index contributed by atoms with van der Waals surface area (Å²) in [7, 11) is -4.74. The van der Waals surface area contributed by atoms with Gasteiger partial charge in [0.05, 0.1) is 0 Å². The fourth-order valence-corrected chi connectivity index (χ4v) is 1.41. The maximum atomic E-state index is 10.8. The highest BCUT2D eigenvalue weighted by atomic mass is 32.2. The summed E-state index contributed by atoms with van der Waals surface area (Å²) >= 11 is 1.48. The molecule has 0 aromatic heterocycles. The number of thioether (sulfide) groups is 1. The Balaban J connectivity index is 3.90. The molecule has 0 heterocycles. The quantitative estimate of drug-likeness (QED) is 0.555. The molecule has 0 saturated heterocycles. The highest BCUT2D eigenvalue weighted by Gasteiger charge is 2.24. The van der Waals surface area contributed by atoms with Gasteiger partial charge in [-0.2, -0.15) is 11.8 Å². The van der Waals surface area contributed by atoms with Crippen LogP contribution in [0.15, 0.2) is 0 Å². The number of rotatable bonds is 5. The lowest BCUT2D eigenvalue weighted by molar-refractivity contribution is -0.137. The third-order valence-electron chi connectivity index (χ3n) is 1.14. The van der Waals surface area contributed by atoms with Crippen LogP contribution in [0.3, 0.4) is 0 Å². The first-order valence-electron chi connectivity index (χ1n) is 3.40. The zero-order valence-electron chi connectivity index (χ0n) is 7.04. The maximum Gasteiger partial charge on any atom is 0.527 e. The monoisotopic (exact) mass is 229 g/mol. The molecule has 0 amide bonds. The summed E-state index contributed by atoms with van der Waals surface area (Å²) in [5.41, 5.74) is 5.28. The molecule has 0 aliphatic heterocycles. The van der Waals surface area contributed by atoms with Crippen molar-refractivity contribution in [1.82, 2.24) is 0 Å². The minimum atomic E-state index is -4.74. The number of hydrogen-bond acceptors (Lipinski definition) is 5. The van der Waals surface area contributed by atoms with Gasteiger partial charge in [0, 0.05) is 0 Å². The predicted octanol–water partition coefficient (Wildman–Crippen LogP) is -0.297. The first kappa shape index (κ1) is 12.9. The Morgan fingerprint density at radius 1 is 1.69 bits per heavy atom. The number of carbonyl (C=O) groups excluding carboxylic acids is 1. The van der Waals surface area contributed by atoms with Gasteiger partial charge >= 0.3 is 13.8 Å². The smallest absolute Gasteiger partial charge is 0.369 e. The van der Waals surface area contributed by atoms with E-state index in [0.29, 0.717) is 12.2 Å². The standard InChI is InChI=1S/C5H12NO5PS/c1-13-3-2-4(6)5(7)11-12(8,9)10/h4H,2-3,6H2,1H3,(H2,8,9,10)/t4-/m0/s1. The van der Waals surface area contributed by atoms with Crippen molar-refractivity contribution in [3.63, 3.8) is 0 Å². The van der Waals surface area contributed by atoms with Gasteiger partial charge in [0.1, 0.15) is 6.04 Å². The number of carbonyl (C=O) groups is 1. The second kappa shape index (κ2) is 5.62. The highest BCUT2D eigenvalue weighted by molar-refractivity contribution is 7.98. The van der Waals surface area contributed by atoms with Gasteiger partial charge < -0.3 is 10.3 Å². The van der Waals surface area contributed by atoms with Crippen LogP contribution in [0.2, 0.25) is 0 Å². The van der Waals surface area contributed by atoms with E-state index in [1.807, 2.05) is 6.26 Å². The summed E-state index contributed by atoms with van der Waals surface area (Å²) in [6, 6.07) is -0.972. The van der Waals surface area contributed by atoms with E-state index in [-0.39, 0.29) is 0 Å². The van der Waals surface area contributed by atoms with Gasteiger partial charge in [-0.3, -0.25) is 9.79 Å². The summed E-state index contributed by atoms with van der Waals surface area (Å²) < 4.78 is 14.0. The Labute approximate surface area is 80.1 Å². The molecule has 13 heavy (non-hydrogen) atoms. The minimum absolute atomic E-state index is 0.333. The molecular formula is C5H12NO5PS. The zero-order valence-corrected chi connectivity index (χ0v) is 8.75. The van der Waals surface area contributed by atoms with Crippen molar-refractivity contribution in [2.75, 3.05) is 12.0 Å². The molecule has 0 aliphatic rings. The molecule has 0 fully saturated rings. The van der Waals surface area contributed by atoms with Gasteiger partial charge in [-0.15, -0.1) is 0 Å². The van der Waals surface area contributed by atoms with Crippen LogP contribution in [0.25, 0.3) is 0 Å². The molecule has 0 aliphatic carbocycles. The molecular weight excluding hydrogens is 217 g/mol. The Hall–Kier alpha value is -0.0700. The van der Waals surface area contributed by atoms with Crippen molar-refractivity contribution in [1.29, 1.82) is 0 Å². The van der Waals surface area contributed by atoms with Gasteiger partial charge in [0.15, 0.2) is 0 Å². The lowest BCUT2D eigenvalue weighted by Gasteiger charge is -2.10. The third-order valence-corrected chi connectivity index (χ3v) is 2.21. The number of hydrogen-bond donors (Lipinski definition) is 3. The summed E-state index contributed by atoms with van der Waals surface area (Å²) in [4.78, 5) is 27.4.